The molecule has 0 unspecified atom stereocenters. The van der Waals surface area contributed by atoms with Crippen LogP contribution in [0.15, 0.2) is 79.1 Å². The second-order valence-electron chi connectivity index (χ2n) is 7.63. The second kappa shape index (κ2) is 9.94. The molecule has 4 aromatic rings. The van der Waals surface area contributed by atoms with Crippen LogP contribution < -0.4 is 4.74 Å². The van der Waals surface area contributed by atoms with E-state index in [0.29, 0.717) is 13.0 Å². The number of carboxylic acid groups (broad SMARTS) is 1. The van der Waals surface area contributed by atoms with Gasteiger partial charge in [-0.3, -0.25) is 9.48 Å². The molecule has 0 radical (unpaired) electrons. The van der Waals surface area contributed by atoms with Gasteiger partial charge >= 0.3 is 5.97 Å². The summed E-state index contributed by atoms with van der Waals surface area (Å²) in [6.45, 7) is 1.33. The van der Waals surface area contributed by atoms with E-state index >= 15 is 0 Å². The smallest absolute Gasteiger partial charge is 0.303 e. The van der Waals surface area contributed by atoms with E-state index in [2.05, 4.69) is 41.5 Å². The van der Waals surface area contributed by atoms with E-state index in [9.17, 15) is 4.79 Å². The first kappa shape index (κ1) is 20.7. The second-order valence-corrected chi connectivity index (χ2v) is 7.63. The van der Waals surface area contributed by atoms with Crippen LogP contribution in [0.25, 0.3) is 10.8 Å². The highest BCUT2D eigenvalue weighted by Crippen LogP contribution is 2.24. The summed E-state index contributed by atoms with van der Waals surface area (Å²) in [5.74, 6) is -0.0233. The monoisotopic (exact) mass is 414 g/mol. The van der Waals surface area contributed by atoms with Gasteiger partial charge in [0.15, 0.2) is 0 Å². The summed E-state index contributed by atoms with van der Waals surface area (Å²) in [5, 5.41) is 15.8. The summed E-state index contributed by atoms with van der Waals surface area (Å²) in [6, 6.07) is 22.8. The number of carbonyl (C=O) groups is 1. The lowest BCUT2D eigenvalue weighted by Gasteiger charge is -2.14. The van der Waals surface area contributed by atoms with Gasteiger partial charge in [-0.2, -0.15) is 5.10 Å². The third-order valence-corrected chi connectivity index (χ3v) is 5.39. The summed E-state index contributed by atoms with van der Waals surface area (Å²) < 4.78 is 8.05. The van der Waals surface area contributed by atoms with E-state index < -0.39 is 5.97 Å². The van der Waals surface area contributed by atoms with Gasteiger partial charge in [0.1, 0.15) is 5.75 Å². The summed E-state index contributed by atoms with van der Waals surface area (Å²) in [4.78, 5) is 11.0. The van der Waals surface area contributed by atoms with Gasteiger partial charge in [0.25, 0.3) is 0 Å². The van der Waals surface area contributed by atoms with Gasteiger partial charge in [0, 0.05) is 31.8 Å². The molecule has 0 atom stereocenters. The molecule has 0 aliphatic carbocycles. The predicted octanol–water partition coefficient (Wildman–Crippen LogP) is 4.92. The third-order valence-electron chi connectivity index (χ3n) is 5.39. The van der Waals surface area contributed by atoms with Crippen LogP contribution in [-0.2, 0) is 30.6 Å². The average Bonchev–Trinajstić information content (AvgIpc) is 3.30. The first-order valence-electron chi connectivity index (χ1n) is 10.6. The molecule has 1 N–H and O–H groups in total. The predicted molar refractivity (Wildman–Crippen MR) is 121 cm³/mol. The number of aliphatic carboxylic acids is 1. The fourth-order valence-corrected chi connectivity index (χ4v) is 3.69. The Morgan fingerprint density at radius 3 is 2.52 bits per heavy atom. The number of hydrogen-bond acceptors (Lipinski definition) is 3. The maximum Gasteiger partial charge on any atom is 0.303 e. The number of rotatable bonds is 10. The Balaban J connectivity index is 1.43. The lowest BCUT2D eigenvalue weighted by molar-refractivity contribution is -0.136. The zero-order valence-electron chi connectivity index (χ0n) is 17.4. The number of ether oxygens (including phenoxy) is 1. The molecule has 3 aromatic carbocycles. The highest BCUT2D eigenvalue weighted by Gasteiger charge is 2.09. The maximum absolute atomic E-state index is 11.0. The number of carboxylic acids is 1. The molecular weight excluding hydrogens is 388 g/mol. The molecule has 0 saturated carbocycles. The fourth-order valence-electron chi connectivity index (χ4n) is 3.69. The Morgan fingerprint density at radius 1 is 0.903 bits per heavy atom. The minimum Gasteiger partial charge on any atom is -0.493 e. The van der Waals surface area contributed by atoms with Crippen molar-refractivity contribution in [2.24, 2.45) is 0 Å². The van der Waals surface area contributed by atoms with Crippen molar-refractivity contribution < 1.29 is 14.6 Å². The average molecular weight is 415 g/mol. The van der Waals surface area contributed by atoms with Crippen molar-refractivity contribution in [3.05, 3.63) is 95.8 Å². The van der Waals surface area contributed by atoms with Gasteiger partial charge in [-0.1, -0.05) is 54.6 Å². The van der Waals surface area contributed by atoms with Crippen LogP contribution in [-0.4, -0.2) is 27.5 Å². The van der Waals surface area contributed by atoms with Gasteiger partial charge in [-0.25, -0.2) is 0 Å². The van der Waals surface area contributed by atoms with Crippen molar-refractivity contribution in [1.82, 2.24) is 9.78 Å². The molecule has 5 nitrogen and oxygen atoms in total. The highest BCUT2D eigenvalue weighted by molar-refractivity contribution is 5.83. The molecule has 4 rings (SSSR count). The number of aromatic nitrogens is 2. The number of fused-ring (bicyclic) bond motifs is 1. The highest BCUT2D eigenvalue weighted by atomic mass is 16.5. The van der Waals surface area contributed by atoms with Crippen molar-refractivity contribution in [3.8, 4) is 5.75 Å². The Bertz CT molecular complexity index is 1150. The lowest BCUT2D eigenvalue weighted by Crippen LogP contribution is -2.07. The summed E-state index contributed by atoms with van der Waals surface area (Å²) >= 11 is 0. The van der Waals surface area contributed by atoms with Gasteiger partial charge in [-0.05, 0) is 52.4 Å². The van der Waals surface area contributed by atoms with Crippen molar-refractivity contribution in [2.75, 3.05) is 6.61 Å². The van der Waals surface area contributed by atoms with E-state index in [0.717, 1.165) is 36.3 Å². The number of nitrogens with zero attached hydrogens (tertiary/aromatic N) is 2. The van der Waals surface area contributed by atoms with Crippen molar-refractivity contribution >= 4 is 16.7 Å². The third kappa shape index (κ3) is 5.72. The van der Waals surface area contributed by atoms with Crippen molar-refractivity contribution in [1.29, 1.82) is 0 Å². The van der Waals surface area contributed by atoms with Crippen molar-refractivity contribution in [2.45, 2.75) is 32.2 Å². The van der Waals surface area contributed by atoms with Gasteiger partial charge in [0.05, 0.1) is 6.61 Å². The molecule has 1 heterocycles. The molecule has 0 amide bonds. The Labute approximate surface area is 181 Å². The maximum atomic E-state index is 11.0. The Morgan fingerprint density at radius 2 is 1.71 bits per heavy atom. The van der Waals surface area contributed by atoms with Gasteiger partial charge in [-0.15, -0.1) is 0 Å². The SMILES string of the molecule is O=C(O)CCc1ccc(CCn2cccn2)cc1OCCc1ccc2ccccc2c1. The Kier molecular flexibility index (Phi) is 6.62. The molecule has 158 valence electrons. The topological polar surface area (TPSA) is 64.3 Å². The summed E-state index contributed by atoms with van der Waals surface area (Å²) in [6.07, 6.45) is 5.90. The van der Waals surface area contributed by atoms with Crippen LogP contribution in [0.4, 0.5) is 0 Å². The van der Waals surface area contributed by atoms with E-state index in [1.165, 1.54) is 16.3 Å². The largest absolute Gasteiger partial charge is 0.493 e. The quantitative estimate of drug-likeness (QED) is 0.400. The fraction of sp³-hybridized carbons (Fsp3) is 0.231. The molecule has 0 bridgehead atoms. The molecule has 0 fully saturated rings. The van der Waals surface area contributed by atoms with Gasteiger partial charge < -0.3 is 9.84 Å². The first-order chi connectivity index (χ1) is 15.2. The van der Waals surface area contributed by atoms with Crippen LogP contribution in [0.2, 0.25) is 0 Å². The minimum atomic E-state index is -0.801. The summed E-state index contributed by atoms with van der Waals surface area (Å²) in [7, 11) is 0. The molecule has 0 spiro atoms. The van der Waals surface area contributed by atoms with E-state index in [1.54, 1.807) is 6.20 Å². The molecule has 0 saturated heterocycles. The van der Waals surface area contributed by atoms with Crippen LogP contribution >= 0.6 is 0 Å². The molecule has 31 heavy (non-hydrogen) atoms. The van der Waals surface area contributed by atoms with E-state index in [-0.39, 0.29) is 6.42 Å². The van der Waals surface area contributed by atoms with Gasteiger partial charge in [0.2, 0.25) is 0 Å². The number of benzene rings is 3. The molecule has 1 aromatic heterocycles. The zero-order chi connectivity index (χ0) is 21.5. The Hall–Kier alpha value is -3.60. The van der Waals surface area contributed by atoms with Crippen LogP contribution in [0.1, 0.15) is 23.1 Å². The lowest BCUT2D eigenvalue weighted by atomic mass is 10.0. The first-order valence-corrected chi connectivity index (χ1v) is 10.6. The normalized spacial score (nSPS) is 11.0. The van der Waals surface area contributed by atoms with E-state index in [1.807, 2.05) is 41.2 Å². The van der Waals surface area contributed by atoms with Crippen LogP contribution in [0, 0.1) is 0 Å². The molecule has 0 aliphatic rings. The summed E-state index contributed by atoms with van der Waals surface area (Å²) in [5.41, 5.74) is 3.31. The van der Waals surface area contributed by atoms with Crippen LogP contribution in [0.5, 0.6) is 5.75 Å². The van der Waals surface area contributed by atoms with E-state index in [4.69, 9.17) is 9.84 Å². The van der Waals surface area contributed by atoms with Crippen molar-refractivity contribution in [3.63, 3.8) is 0 Å². The molecular formula is C26H26N2O3. The standard InChI is InChI=1S/C26H26N2O3/c29-26(30)11-10-23-9-7-20(12-16-28-15-3-14-27-28)19-25(23)31-17-13-21-6-8-22-4-1-2-5-24(22)18-21/h1-9,14-15,18-19H,10-13,16-17H2,(H,29,30). The van der Waals surface area contributed by atoms with Crippen LogP contribution in [0.3, 0.4) is 0 Å². The molecule has 0 aliphatic heterocycles. The molecule has 5 heteroatoms. The number of aryl methyl sites for hydroxylation is 3. The zero-order valence-corrected chi connectivity index (χ0v) is 17.4. The minimum absolute atomic E-state index is 0.0909. The number of hydrogen-bond donors (Lipinski definition) is 1.